The van der Waals surface area contributed by atoms with E-state index in [1.54, 1.807) is 11.4 Å². The highest BCUT2D eigenvalue weighted by Crippen LogP contribution is 2.32. The molecule has 1 aliphatic heterocycles. The lowest BCUT2D eigenvalue weighted by Crippen LogP contribution is -2.45. The average molecular weight is 367 g/mol. The van der Waals surface area contributed by atoms with Crippen LogP contribution in [0.15, 0.2) is 17.0 Å². The molecule has 1 saturated heterocycles. The summed E-state index contributed by atoms with van der Waals surface area (Å²) < 4.78 is 28.2. The summed E-state index contributed by atoms with van der Waals surface area (Å²) in [6.07, 6.45) is 1.81. The third-order valence-corrected chi connectivity index (χ3v) is 7.70. The van der Waals surface area contributed by atoms with E-state index in [1.165, 1.54) is 5.56 Å². The van der Waals surface area contributed by atoms with Gasteiger partial charge in [0.25, 0.3) is 0 Å². The fraction of sp³-hybridized carbons (Fsp3) is 0.700. The molecule has 142 valence electrons. The van der Waals surface area contributed by atoms with Crippen molar-refractivity contribution in [3.63, 3.8) is 0 Å². The smallest absolute Gasteiger partial charge is 0.243 e. The van der Waals surface area contributed by atoms with E-state index in [0.29, 0.717) is 4.90 Å². The summed E-state index contributed by atoms with van der Waals surface area (Å²) >= 11 is 0. The van der Waals surface area contributed by atoms with Crippen LogP contribution < -0.4 is 0 Å². The second-order valence-corrected chi connectivity index (χ2v) is 10.3. The largest absolute Gasteiger partial charge is 0.303 e. The van der Waals surface area contributed by atoms with E-state index in [2.05, 4.69) is 32.6 Å². The number of benzene rings is 1. The number of hydrogen-bond donors (Lipinski definition) is 0. The third-order valence-electron chi connectivity index (χ3n) is 5.48. The van der Waals surface area contributed by atoms with Gasteiger partial charge >= 0.3 is 0 Å². The highest BCUT2D eigenvalue weighted by Gasteiger charge is 2.33. The SMILES string of the molecule is CCN1CCC(N(C)S(=O)(=O)c2c(C)cc(C(C)(C)C)cc2C)CC1. The summed E-state index contributed by atoms with van der Waals surface area (Å²) in [5.41, 5.74) is 2.89. The van der Waals surface area contributed by atoms with Crippen molar-refractivity contribution in [3.05, 3.63) is 28.8 Å². The molecule has 5 heteroatoms. The molecule has 1 aromatic carbocycles. The molecule has 0 aliphatic carbocycles. The summed E-state index contributed by atoms with van der Waals surface area (Å²) in [6.45, 7) is 15.4. The molecule has 0 spiro atoms. The van der Waals surface area contributed by atoms with E-state index in [1.807, 2.05) is 26.0 Å². The molecule has 1 aliphatic rings. The topological polar surface area (TPSA) is 40.6 Å². The maximum atomic E-state index is 13.3. The Bertz CT molecular complexity index is 689. The van der Waals surface area contributed by atoms with Crippen LogP contribution in [0.3, 0.4) is 0 Å². The molecule has 1 heterocycles. The first-order valence-electron chi connectivity index (χ1n) is 9.30. The molecule has 1 fully saturated rings. The van der Waals surface area contributed by atoms with E-state index in [9.17, 15) is 8.42 Å². The minimum absolute atomic E-state index is 0.0106. The van der Waals surface area contributed by atoms with Crippen molar-refractivity contribution >= 4 is 10.0 Å². The van der Waals surface area contributed by atoms with Gasteiger partial charge in [-0.05, 0) is 68.4 Å². The van der Waals surface area contributed by atoms with Crippen LogP contribution in [-0.4, -0.2) is 50.3 Å². The van der Waals surface area contributed by atoms with Gasteiger partial charge in [-0.25, -0.2) is 8.42 Å². The van der Waals surface area contributed by atoms with Crippen molar-refractivity contribution in [2.75, 3.05) is 26.7 Å². The molecule has 2 rings (SSSR count). The van der Waals surface area contributed by atoms with Crippen molar-refractivity contribution in [1.29, 1.82) is 0 Å². The van der Waals surface area contributed by atoms with E-state index in [-0.39, 0.29) is 11.5 Å². The molecule has 0 unspecified atom stereocenters. The van der Waals surface area contributed by atoms with Gasteiger partial charge in [0.2, 0.25) is 10.0 Å². The summed E-state index contributed by atoms with van der Waals surface area (Å²) in [5.74, 6) is 0. The molecule has 0 atom stereocenters. The van der Waals surface area contributed by atoms with Gasteiger partial charge in [-0.2, -0.15) is 4.31 Å². The number of nitrogens with zero attached hydrogens (tertiary/aromatic N) is 2. The van der Waals surface area contributed by atoms with Crippen LogP contribution in [-0.2, 0) is 15.4 Å². The summed E-state index contributed by atoms with van der Waals surface area (Å²) in [5, 5.41) is 0. The first-order valence-corrected chi connectivity index (χ1v) is 10.7. The molecule has 4 nitrogen and oxygen atoms in total. The minimum atomic E-state index is -3.47. The number of hydrogen-bond acceptors (Lipinski definition) is 3. The molecule has 0 amide bonds. The Balaban J connectivity index is 2.33. The lowest BCUT2D eigenvalue weighted by Gasteiger charge is -2.36. The summed E-state index contributed by atoms with van der Waals surface area (Å²) in [6, 6.07) is 4.16. The standard InChI is InChI=1S/C20H34N2O2S/c1-8-22-11-9-18(10-12-22)21(7)25(23,24)19-15(2)13-17(14-16(19)3)20(4,5)6/h13-14,18H,8-12H2,1-7H3. The Morgan fingerprint density at radius 2 is 1.60 bits per heavy atom. The lowest BCUT2D eigenvalue weighted by molar-refractivity contribution is 0.176. The molecular formula is C20H34N2O2S. The zero-order valence-electron chi connectivity index (χ0n) is 16.9. The number of likely N-dealkylation sites (tertiary alicyclic amines) is 1. The molecule has 25 heavy (non-hydrogen) atoms. The summed E-state index contributed by atoms with van der Waals surface area (Å²) in [7, 11) is -1.72. The zero-order chi connectivity index (χ0) is 19.0. The van der Waals surface area contributed by atoms with Crippen LogP contribution in [0.2, 0.25) is 0 Å². The van der Waals surface area contributed by atoms with Crippen molar-refractivity contribution in [2.24, 2.45) is 0 Å². The minimum Gasteiger partial charge on any atom is -0.303 e. The maximum absolute atomic E-state index is 13.3. The van der Waals surface area contributed by atoms with Gasteiger partial charge in [0, 0.05) is 13.1 Å². The fourth-order valence-corrected chi connectivity index (χ4v) is 5.55. The fourth-order valence-electron chi connectivity index (χ4n) is 3.73. The Kier molecular flexibility index (Phi) is 6.02. The van der Waals surface area contributed by atoms with Crippen molar-refractivity contribution in [2.45, 2.75) is 70.7 Å². The van der Waals surface area contributed by atoms with E-state index < -0.39 is 10.0 Å². The van der Waals surface area contributed by atoms with Crippen LogP contribution >= 0.6 is 0 Å². The van der Waals surface area contributed by atoms with Gasteiger partial charge in [-0.15, -0.1) is 0 Å². The van der Waals surface area contributed by atoms with Crippen LogP contribution in [0.4, 0.5) is 0 Å². The van der Waals surface area contributed by atoms with Crippen molar-refractivity contribution in [1.82, 2.24) is 9.21 Å². The van der Waals surface area contributed by atoms with Crippen molar-refractivity contribution < 1.29 is 8.42 Å². The molecule has 0 bridgehead atoms. The van der Waals surface area contributed by atoms with Crippen LogP contribution in [0.25, 0.3) is 0 Å². The first kappa shape index (κ1) is 20.4. The monoisotopic (exact) mass is 366 g/mol. The Morgan fingerprint density at radius 3 is 2.00 bits per heavy atom. The number of sulfonamides is 1. The highest BCUT2D eigenvalue weighted by atomic mass is 32.2. The van der Waals surface area contributed by atoms with E-state index >= 15 is 0 Å². The quantitative estimate of drug-likeness (QED) is 0.816. The number of piperidine rings is 1. The molecule has 0 N–H and O–H groups in total. The molecular weight excluding hydrogens is 332 g/mol. The Labute approximate surface area is 154 Å². The third kappa shape index (κ3) is 4.26. The van der Waals surface area contributed by atoms with Crippen LogP contribution in [0, 0.1) is 13.8 Å². The van der Waals surface area contributed by atoms with Crippen molar-refractivity contribution in [3.8, 4) is 0 Å². The predicted molar refractivity (Wildman–Crippen MR) is 105 cm³/mol. The van der Waals surface area contributed by atoms with Gasteiger partial charge in [-0.1, -0.05) is 39.8 Å². The molecule has 0 aromatic heterocycles. The average Bonchev–Trinajstić information content (AvgIpc) is 2.52. The van der Waals surface area contributed by atoms with Crippen LogP contribution in [0.5, 0.6) is 0 Å². The highest BCUT2D eigenvalue weighted by molar-refractivity contribution is 7.89. The van der Waals surface area contributed by atoms with Crippen LogP contribution in [0.1, 0.15) is 57.2 Å². The van der Waals surface area contributed by atoms with Gasteiger partial charge in [0.1, 0.15) is 0 Å². The second-order valence-electron chi connectivity index (χ2n) is 8.38. The first-order chi connectivity index (χ1) is 11.5. The van der Waals surface area contributed by atoms with Gasteiger partial charge < -0.3 is 4.90 Å². The maximum Gasteiger partial charge on any atom is 0.243 e. The number of rotatable bonds is 4. The van der Waals surface area contributed by atoms with Gasteiger partial charge in [0.05, 0.1) is 4.90 Å². The normalized spacial score (nSPS) is 18.1. The molecule has 0 saturated carbocycles. The number of aryl methyl sites for hydroxylation is 2. The van der Waals surface area contributed by atoms with E-state index in [0.717, 1.165) is 43.6 Å². The molecule has 0 radical (unpaired) electrons. The Hall–Kier alpha value is -0.910. The molecule has 1 aromatic rings. The second kappa shape index (κ2) is 7.37. The Morgan fingerprint density at radius 1 is 1.12 bits per heavy atom. The lowest BCUT2D eigenvalue weighted by atomic mass is 9.85. The zero-order valence-corrected chi connectivity index (χ0v) is 17.7. The van der Waals surface area contributed by atoms with Gasteiger partial charge in [-0.3, -0.25) is 0 Å². The van der Waals surface area contributed by atoms with Gasteiger partial charge in [0.15, 0.2) is 0 Å². The predicted octanol–water partition coefficient (Wildman–Crippen LogP) is 3.71. The summed E-state index contributed by atoms with van der Waals surface area (Å²) in [4.78, 5) is 2.87. The van der Waals surface area contributed by atoms with E-state index in [4.69, 9.17) is 0 Å².